The van der Waals surface area contributed by atoms with Crippen LogP contribution in [0.1, 0.15) is 63.0 Å². The van der Waals surface area contributed by atoms with Crippen molar-refractivity contribution in [1.29, 1.82) is 5.26 Å². The van der Waals surface area contributed by atoms with Crippen LogP contribution in [0, 0.1) is 18.3 Å². The Morgan fingerprint density at radius 1 is 1.14 bits per heavy atom. The SMILES string of the molecule is Cc1nc(C#N)ccc1N(Cc1ccc2c3c(c(Cl)nc2c1)COC3)C(=O)c1cnc(C2CC2)nc1. The van der Waals surface area contributed by atoms with Crippen molar-refractivity contribution in [1.82, 2.24) is 19.9 Å². The Morgan fingerprint density at radius 2 is 1.92 bits per heavy atom. The Labute approximate surface area is 212 Å². The van der Waals surface area contributed by atoms with Gasteiger partial charge in [-0.05, 0) is 49.1 Å². The lowest BCUT2D eigenvalue weighted by Crippen LogP contribution is -2.31. The molecule has 2 aliphatic rings. The summed E-state index contributed by atoms with van der Waals surface area (Å²) < 4.78 is 5.58. The maximum atomic E-state index is 13.7. The van der Waals surface area contributed by atoms with Gasteiger partial charge >= 0.3 is 0 Å². The number of aromatic nitrogens is 4. The van der Waals surface area contributed by atoms with Crippen LogP contribution in [0.2, 0.25) is 5.15 Å². The summed E-state index contributed by atoms with van der Waals surface area (Å²) in [5.74, 6) is 0.933. The first-order valence-electron chi connectivity index (χ1n) is 11.7. The molecule has 4 heterocycles. The zero-order valence-electron chi connectivity index (χ0n) is 19.5. The average molecular weight is 497 g/mol. The predicted molar refractivity (Wildman–Crippen MR) is 133 cm³/mol. The minimum absolute atomic E-state index is 0.250. The first kappa shape index (κ1) is 22.5. The number of carbonyl (C=O) groups excluding carboxylic acids is 1. The van der Waals surface area contributed by atoms with Crippen LogP contribution in [-0.4, -0.2) is 25.8 Å². The molecule has 1 fully saturated rings. The third-order valence-corrected chi connectivity index (χ3v) is 6.93. The Hall–Kier alpha value is -3.93. The Balaban J connectivity index is 1.39. The highest BCUT2D eigenvalue weighted by molar-refractivity contribution is 6.30. The molecule has 8 nitrogen and oxygen atoms in total. The predicted octanol–water partition coefficient (Wildman–Crippen LogP) is 5.01. The van der Waals surface area contributed by atoms with Crippen LogP contribution >= 0.6 is 11.6 Å². The van der Waals surface area contributed by atoms with Crippen LogP contribution in [0.4, 0.5) is 5.69 Å². The maximum absolute atomic E-state index is 13.7. The highest BCUT2D eigenvalue weighted by atomic mass is 35.5. The van der Waals surface area contributed by atoms with Gasteiger partial charge in [-0.2, -0.15) is 5.26 Å². The summed E-state index contributed by atoms with van der Waals surface area (Å²) in [5.41, 5.74) is 5.49. The van der Waals surface area contributed by atoms with Crippen LogP contribution in [0.25, 0.3) is 10.9 Å². The highest BCUT2D eigenvalue weighted by Gasteiger charge is 2.28. The number of hydrogen-bond acceptors (Lipinski definition) is 7. The van der Waals surface area contributed by atoms with Crippen LogP contribution < -0.4 is 4.90 Å². The van der Waals surface area contributed by atoms with Crippen molar-refractivity contribution in [3.8, 4) is 6.07 Å². The summed E-state index contributed by atoms with van der Waals surface area (Å²) in [6.07, 6.45) is 5.36. The lowest BCUT2D eigenvalue weighted by Gasteiger charge is -2.24. The monoisotopic (exact) mass is 496 g/mol. The topological polar surface area (TPSA) is 105 Å². The molecule has 1 saturated carbocycles. The fourth-order valence-electron chi connectivity index (χ4n) is 4.56. The molecule has 1 aliphatic heterocycles. The zero-order valence-corrected chi connectivity index (χ0v) is 20.3. The van der Waals surface area contributed by atoms with Gasteiger partial charge in [0.15, 0.2) is 0 Å². The summed E-state index contributed by atoms with van der Waals surface area (Å²) in [4.78, 5) is 33.1. The lowest BCUT2D eigenvalue weighted by molar-refractivity contribution is 0.0984. The minimum atomic E-state index is -0.250. The van der Waals surface area contributed by atoms with Crippen molar-refractivity contribution in [3.63, 3.8) is 0 Å². The zero-order chi connectivity index (χ0) is 24.8. The fraction of sp³-hybridized carbons (Fsp3) is 0.259. The second-order valence-corrected chi connectivity index (χ2v) is 9.47. The van der Waals surface area contributed by atoms with Gasteiger partial charge in [-0.25, -0.2) is 19.9 Å². The molecular formula is C27H21ClN6O2. The summed E-state index contributed by atoms with van der Waals surface area (Å²) in [7, 11) is 0. The molecule has 36 heavy (non-hydrogen) atoms. The van der Waals surface area contributed by atoms with Crippen LogP contribution in [0.3, 0.4) is 0 Å². The number of fused-ring (bicyclic) bond motifs is 3. The minimum Gasteiger partial charge on any atom is -0.372 e. The quantitative estimate of drug-likeness (QED) is 0.358. The van der Waals surface area contributed by atoms with Crippen molar-refractivity contribution < 1.29 is 9.53 Å². The molecule has 3 aromatic heterocycles. The summed E-state index contributed by atoms with van der Waals surface area (Å²) in [6, 6.07) is 11.3. The molecule has 1 aliphatic carbocycles. The number of amides is 1. The molecule has 0 N–H and O–H groups in total. The normalized spacial score (nSPS) is 14.5. The molecule has 4 aromatic rings. The van der Waals surface area contributed by atoms with Gasteiger partial charge in [-0.3, -0.25) is 4.79 Å². The molecule has 0 spiro atoms. The standard InChI is InChI=1S/C27H21ClN6O2/c1-15-24(7-5-19(9-29)32-15)34(27(35)18-10-30-26(31-11-18)17-3-4-17)12-16-2-6-20-21-13-36-14-22(21)25(28)33-23(20)8-16/h2,5-8,10-11,17H,3-4,12-14H2,1H3. The summed E-state index contributed by atoms with van der Waals surface area (Å²) in [6.45, 7) is 3.02. The number of nitriles is 1. The van der Waals surface area contributed by atoms with E-state index in [2.05, 4.69) is 19.9 Å². The second-order valence-electron chi connectivity index (χ2n) is 9.11. The van der Waals surface area contributed by atoms with Crippen LogP contribution in [0.5, 0.6) is 0 Å². The molecule has 6 rings (SSSR count). The van der Waals surface area contributed by atoms with Gasteiger partial charge in [0.2, 0.25) is 0 Å². The number of benzene rings is 1. The third kappa shape index (κ3) is 4.06. The van der Waals surface area contributed by atoms with Gasteiger partial charge in [0.05, 0.1) is 42.2 Å². The number of rotatable bonds is 5. The van der Waals surface area contributed by atoms with Crippen LogP contribution in [-0.2, 0) is 24.5 Å². The Kier molecular flexibility index (Phi) is 5.59. The van der Waals surface area contributed by atoms with E-state index >= 15 is 0 Å². The third-order valence-electron chi connectivity index (χ3n) is 6.62. The van der Waals surface area contributed by atoms with E-state index in [0.717, 1.165) is 46.3 Å². The molecule has 0 radical (unpaired) electrons. The average Bonchev–Trinajstić information content (AvgIpc) is 3.62. The molecule has 0 unspecified atom stereocenters. The van der Waals surface area contributed by atoms with Gasteiger partial charge in [0.1, 0.15) is 22.7 Å². The van der Waals surface area contributed by atoms with Crippen LogP contribution in [0.15, 0.2) is 42.7 Å². The molecule has 0 atom stereocenters. The molecule has 9 heteroatoms. The van der Waals surface area contributed by atoms with Gasteiger partial charge in [0.25, 0.3) is 5.91 Å². The van der Waals surface area contributed by atoms with E-state index in [1.807, 2.05) is 24.3 Å². The Bertz CT molecular complexity index is 1560. The molecule has 1 amide bonds. The van der Waals surface area contributed by atoms with Crippen molar-refractivity contribution in [2.24, 2.45) is 0 Å². The van der Waals surface area contributed by atoms with Gasteiger partial charge in [-0.15, -0.1) is 0 Å². The number of nitrogens with zero attached hydrogens (tertiary/aromatic N) is 6. The van der Waals surface area contributed by atoms with Gasteiger partial charge in [0, 0.05) is 29.3 Å². The summed E-state index contributed by atoms with van der Waals surface area (Å²) >= 11 is 6.42. The van der Waals surface area contributed by atoms with Crippen molar-refractivity contribution in [2.75, 3.05) is 4.90 Å². The fourth-order valence-corrected chi connectivity index (χ4v) is 4.82. The van der Waals surface area contributed by atoms with Crippen molar-refractivity contribution >= 4 is 34.1 Å². The number of pyridine rings is 2. The molecule has 1 aromatic carbocycles. The number of aryl methyl sites for hydroxylation is 1. The van der Waals surface area contributed by atoms with E-state index in [1.54, 1.807) is 36.4 Å². The van der Waals surface area contributed by atoms with Gasteiger partial charge in [-0.1, -0.05) is 23.7 Å². The first-order valence-corrected chi connectivity index (χ1v) is 12.1. The van der Waals surface area contributed by atoms with E-state index < -0.39 is 0 Å². The van der Waals surface area contributed by atoms with Crippen molar-refractivity contribution in [3.05, 3.63) is 87.3 Å². The van der Waals surface area contributed by atoms with E-state index in [0.29, 0.717) is 46.9 Å². The van der Waals surface area contributed by atoms with E-state index in [-0.39, 0.29) is 12.5 Å². The number of carbonyl (C=O) groups is 1. The molecule has 178 valence electrons. The van der Waals surface area contributed by atoms with Gasteiger partial charge < -0.3 is 9.64 Å². The lowest BCUT2D eigenvalue weighted by atomic mass is 10.0. The highest BCUT2D eigenvalue weighted by Crippen LogP contribution is 2.38. The number of ether oxygens (including phenoxy) is 1. The first-order chi connectivity index (χ1) is 17.5. The van der Waals surface area contributed by atoms with E-state index in [9.17, 15) is 10.1 Å². The number of hydrogen-bond donors (Lipinski definition) is 0. The van der Waals surface area contributed by atoms with Crippen molar-refractivity contribution in [2.45, 2.75) is 45.4 Å². The molecule has 0 bridgehead atoms. The molecular weight excluding hydrogens is 476 g/mol. The number of anilines is 1. The Morgan fingerprint density at radius 3 is 2.64 bits per heavy atom. The molecule has 0 saturated heterocycles. The smallest absolute Gasteiger partial charge is 0.261 e. The largest absolute Gasteiger partial charge is 0.372 e. The second kappa shape index (κ2) is 8.94. The maximum Gasteiger partial charge on any atom is 0.261 e. The van der Waals surface area contributed by atoms with E-state index in [1.165, 1.54) is 0 Å². The van der Waals surface area contributed by atoms with E-state index in [4.69, 9.17) is 16.3 Å². The summed E-state index contributed by atoms with van der Waals surface area (Å²) in [5, 5.41) is 10.7. The number of halogens is 1.